The summed E-state index contributed by atoms with van der Waals surface area (Å²) in [5.74, 6) is 1.15. The van der Waals surface area contributed by atoms with Gasteiger partial charge in [-0.15, -0.1) is 0 Å². The first-order valence-electron chi connectivity index (χ1n) is 11.9. The van der Waals surface area contributed by atoms with Crippen LogP contribution in [0.15, 0.2) is 77.6 Å². The number of benzene rings is 3. The molecule has 3 aromatic carbocycles. The Morgan fingerprint density at radius 3 is 2.54 bits per heavy atom. The molecular formula is C28H28N4O3. The topological polar surface area (TPSA) is 76.5 Å². The van der Waals surface area contributed by atoms with E-state index in [1.165, 1.54) is 6.42 Å². The molecule has 7 heteroatoms. The second-order valence-corrected chi connectivity index (χ2v) is 8.70. The average molecular weight is 469 g/mol. The first-order chi connectivity index (χ1) is 17.1. The molecule has 0 spiro atoms. The van der Waals surface area contributed by atoms with Crippen LogP contribution in [0, 0.1) is 0 Å². The van der Waals surface area contributed by atoms with Gasteiger partial charge in [0.15, 0.2) is 0 Å². The van der Waals surface area contributed by atoms with E-state index in [0.717, 1.165) is 42.9 Å². The van der Waals surface area contributed by atoms with Gasteiger partial charge in [-0.25, -0.2) is 9.55 Å². The van der Waals surface area contributed by atoms with E-state index >= 15 is 0 Å². The summed E-state index contributed by atoms with van der Waals surface area (Å²) in [5, 5.41) is 3.43. The Labute approximate surface area is 204 Å². The highest BCUT2D eigenvalue weighted by molar-refractivity contribution is 5.97. The van der Waals surface area contributed by atoms with Gasteiger partial charge in [0.2, 0.25) is 5.95 Å². The van der Waals surface area contributed by atoms with Gasteiger partial charge in [-0.1, -0.05) is 30.3 Å². The van der Waals surface area contributed by atoms with Crippen molar-refractivity contribution in [2.24, 2.45) is 0 Å². The first kappa shape index (κ1) is 22.7. The molecule has 2 heterocycles. The van der Waals surface area contributed by atoms with Crippen molar-refractivity contribution in [3.63, 3.8) is 0 Å². The number of ether oxygens (including phenoxy) is 1. The van der Waals surface area contributed by atoms with Crippen molar-refractivity contribution in [1.82, 2.24) is 14.9 Å². The van der Waals surface area contributed by atoms with E-state index in [0.29, 0.717) is 29.0 Å². The molecule has 1 saturated heterocycles. The molecule has 178 valence electrons. The predicted molar refractivity (Wildman–Crippen MR) is 138 cm³/mol. The Kier molecular flexibility index (Phi) is 6.48. The van der Waals surface area contributed by atoms with Crippen LogP contribution in [0.25, 0.3) is 16.6 Å². The number of anilines is 1. The number of hydrogen-bond acceptors (Lipinski definition) is 5. The molecule has 0 bridgehead atoms. The molecule has 1 amide bonds. The summed E-state index contributed by atoms with van der Waals surface area (Å²) in [4.78, 5) is 33.6. The van der Waals surface area contributed by atoms with E-state index in [2.05, 4.69) is 10.2 Å². The Morgan fingerprint density at radius 2 is 1.77 bits per heavy atom. The SMILES string of the molecule is COc1cccc(CNC(=O)c2ccc3c(=O)n(-c4ccccc4)c(N4CCCCC4)nc3c2)c1. The van der Waals surface area contributed by atoms with E-state index in [-0.39, 0.29) is 11.5 Å². The molecule has 5 rings (SSSR count). The number of piperidine rings is 1. The van der Waals surface area contributed by atoms with Gasteiger partial charge >= 0.3 is 0 Å². The van der Waals surface area contributed by atoms with Crippen LogP contribution in [0.2, 0.25) is 0 Å². The number of carbonyl (C=O) groups is 1. The Morgan fingerprint density at radius 1 is 0.971 bits per heavy atom. The van der Waals surface area contributed by atoms with Crippen molar-refractivity contribution in [3.05, 3.63) is 94.3 Å². The largest absolute Gasteiger partial charge is 0.497 e. The van der Waals surface area contributed by atoms with Crippen molar-refractivity contribution in [2.75, 3.05) is 25.1 Å². The van der Waals surface area contributed by atoms with Crippen molar-refractivity contribution < 1.29 is 9.53 Å². The lowest BCUT2D eigenvalue weighted by Crippen LogP contribution is -2.36. The number of amides is 1. The van der Waals surface area contributed by atoms with Crippen LogP contribution in [0.3, 0.4) is 0 Å². The van der Waals surface area contributed by atoms with Crippen LogP contribution >= 0.6 is 0 Å². The standard InChI is InChI=1S/C28H28N4O3/c1-35-23-12-8-9-20(17-23)19-29-26(33)21-13-14-24-25(18-21)30-28(31-15-6-3-7-16-31)32(27(24)34)22-10-4-2-5-11-22/h2,4-5,8-14,17-18H,3,6-7,15-16,19H2,1H3,(H,29,33). The van der Waals surface area contributed by atoms with Gasteiger partial charge < -0.3 is 15.0 Å². The van der Waals surface area contributed by atoms with Crippen molar-refractivity contribution in [3.8, 4) is 11.4 Å². The van der Waals surface area contributed by atoms with Gasteiger partial charge in [-0.2, -0.15) is 0 Å². The van der Waals surface area contributed by atoms with Crippen LogP contribution in [0.4, 0.5) is 5.95 Å². The van der Waals surface area contributed by atoms with E-state index in [4.69, 9.17) is 9.72 Å². The molecular weight excluding hydrogens is 440 g/mol. The van der Waals surface area contributed by atoms with Gasteiger partial charge in [0.1, 0.15) is 5.75 Å². The molecule has 4 aromatic rings. The van der Waals surface area contributed by atoms with Crippen LogP contribution in [0.1, 0.15) is 35.2 Å². The molecule has 0 unspecified atom stereocenters. The molecule has 7 nitrogen and oxygen atoms in total. The van der Waals surface area contributed by atoms with Gasteiger partial charge in [0, 0.05) is 25.2 Å². The molecule has 0 radical (unpaired) electrons. The molecule has 1 N–H and O–H groups in total. The maximum atomic E-state index is 13.6. The van der Waals surface area contributed by atoms with Crippen LogP contribution in [0.5, 0.6) is 5.75 Å². The van der Waals surface area contributed by atoms with Crippen molar-refractivity contribution in [1.29, 1.82) is 0 Å². The number of nitrogens with zero attached hydrogens (tertiary/aromatic N) is 3. The average Bonchev–Trinajstić information content (AvgIpc) is 2.92. The second kappa shape index (κ2) is 10.0. The number of hydrogen-bond donors (Lipinski definition) is 1. The lowest BCUT2D eigenvalue weighted by atomic mass is 10.1. The van der Waals surface area contributed by atoms with Crippen molar-refractivity contribution >= 4 is 22.8 Å². The normalized spacial score (nSPS) is 13.6. The Balaban J connectivity index is 1.50. The fraction of sp³-hybridized carbons (Fsp3) is 0.250. The number of fused-ring (bicyclic) bond motifs is 1. The molecule has 35 heavy (non-hydrogen) atoms. The van der Waals surface area contributed by atoms with Gasteiger partial charge in [0.05, 0.1) is 23.7 Å². The van der Waals surface area contributed by atoms with Crippen LogP contribution < -0.4 is 20.5 Å². The zero-order chi connectivity index (χ0) is 24.2. The van der Waals surface area contributed by atoms with E-state index in [1.807, 2.05) is 54.6 Å². The first-order valence-corrected chi connectivity index (χ1v) is 11.9. The smallest absolute Gasteiger partial charge is 0.267 e. The summed E-state index contributed by atoms with van der Waals surface area (Å²) in [5.41, 5.74) is 2.58. The third-order valence-electron chi connectivity index (χ3n) is 6.35. The molecule has 0 atom stereocenters. The zero-order valence-corrected chi connectivity index (χ0v) is 19.7. The number of rotatable bonds is 6. The summed E-state index contributed by atoms with van der Waals surface area (Å²) >= 11 is 0. The highest BCUT2D eigenvalue weighted by Gasteiger charge is 2.21. The van der Waals surface area contributed by atoms with E-state index < -0.39 is 0 Å². The summed E-state index contributed by atoms with van der Waals surface area (Å²) < 4.78 is 6.94. The Hall–Kier alpha value is -4.13. The minimum atomic E-state index is -0.219. The Bertz CT molecular complexity index is 1410. The fourth-order valence-electron chi connectivity index (χ4n) is 4.50. The number of methoxy groups -OCH3 is 1. The van der Waals surface area contributed by atoms with Crippen molar-refractivity contribution in [2.45, 2.75) is 25.8 Å². The third-order valence-corrected chi connectivity index (χ3v) is 6.35. The predicted octanol–water partition coefficient (Wildman–Crippen LogP) is 4.31. The summed E-state index contributed by atoms with van der Waals surface area (Å²) in [6, 6.07) is 22.3. The number of carbonyl (C=O) groups excluding carboxylic acids is 1. The third kappa shape index (κ3) is 4.75. The fourth-order valence-corrected chi connectivity index (χ4v) is 4.50. The lowest BCUT2D eigenvalue weighted by Gasteiger charge is -2.30. The lowest BCUT2D eigenvalue weighted by molar-refractivity contribution is 0.0951. The highest BCUT2D eigenvalue weighted by Crippen LogP contribution is 2.23. The number of para-hydroxylation sites is 1. The minimum absolute atomic E-state index is 0.134. The van der Waals surface area contributed by atoms with Gasteiger partial charge in [-0.05, 0) is 67.3 Å². The maximum Gasteiger partial charge on any atom is 0.267 e. The molecule has 1 fully saturated rings. The maximum absolute atomic E-state index is 13.6. The van der Waals surface area contributed by atoms with Crippen LogP contribution in [-0.4, -0.2) is 35.7 Å². The quantitative estimate of drug-likeness (QED) is 0.456. The molecule has 1 aliphatic heterocycles. The summed E-state index contributed by atoms with van der Waals surface area (Å²) in [6.45, 7) is 2.08. The monoisotopic (exact) mass is 468 g/mol. The number of nitrogens with one attached hydrogen (secondary N) is 1. The van der Waals surface area contributed by atoms with Crippen LogP contribution in [-0.2, 0) is 6.54 Å². The molecule has 1 aromatic heterocycles. The molecule has 0 aliphatic carbocycles. The van der Waals surface area contributed by atoms with E-state index in [1.54, 1.807) is 29.9 Å². The van der Waals surface area contributed by atoms with Gasteiger partial charge in [0.25, 0.3) is 11.5 Å². The second-order valence-electron chi connectivity index (χ2n) is 8.70. The summed E-state index contributed by atoms with van der Waals surface area (Å²) in [7, 11) is 1.61. The summed E-state index contributed by atoms with van der Waals surface area (Å²) in [6.07, 6.45) is 3.31. The molecule has 1 aliphatic rings. The number of aromatic nitrogens is 2. The zero-order valence-electron chi connectivity index (χ0n) is 19.7. The van der Waals surface area contributed by atoms with E-state index in [9.17, 15) is 9.59 Å². The molecule has 0 saturated carbocycles. The minimum Gasteiger partial charge on any atom is -0.497 e. The van der Waals surface area contributed by atoms with Gasteiger partial charge in [-0.3, -0.25) is 9.59 Å². The highest BCUT2D eigenvalue weighted by atomic mass is 16.5.